The van der Waals surface area contributed by atoms with E-state index in [1.807, 2.05) is 4.90 Å². The van der Waals surface area contributed by atoms with Crippen LogP contribution in [-0.2, 0) is 9.53 Å². The summed E-state index contributed by atoms with van der Waals surface area (Å²) in [7, 11) is 0. The fourth-order valence-corrected chi connectivity index (χ4v) is 2.26. The third kappa shape index (κ3) is 3.87. The van der Waals surface area contributed by atoms with Crippen LogP contribution < -0.4 is 5.73 Å². The molecule has 6 nitrogen and oxygen atoms in total. The van der Waals surface area contributed by atoms with Gasteiger partial charge in [-0.25, -0.2) is 4.79 Å². The highest BCUT2D eigenvalue weighted by Gasteiger charge is 2.28. The molecule has 1 rings (SSSR count). The SMILES string of the molecule is CCOC(=O)N(CCN)C1CCN(C(C)=O)CC1. The average molecular weight is 257 g/mol. The second-order valence-corrected chi connectivity index (χ2v) is 4.42. The van der Waals surface area contributed by atoms with E-state index >= 15 is 0 Å². The van der Waals surface area contributed by atoms with Gasteiger partial charge in [-0.05, 0) is 19.8 Å². The summed E-state index contributed by atoms with van der Waals surface area (Å²) in [6, 6.07) is 0.128. The molecule has 0 aromatic carbocycles. The summed E-state index contributed by atoms with van der Waals surface area (Å²) in [5, 5.41) is 0. The topological polar surface area (TPSA) is 75.9 Å². The van der Waals surface area contributed by atoms with Crippen molar-refractivity contribution in [3.05, 3.63) is 0 Å². The second kappa shape index (κ2) is 7.20. The summed E-state index contributed by atoms with van der Waals surface area (Å²) in [5.41, 5.74) is 5.53. The van der Waals surface area contributed by atoms with Crippen LogP contribution in [-0.4, -0.2) is 60.6 Å². The Hall–Kier alpha value is -1.30. The minimum atomic E-state index is -0.302. The number of hydrogen-bond acceptors (Lipinski definition) is 4. The van der Waals surface area contributed by atoms with E-state index in [-0.39, 0.29) is 18.0 Å². The molecule has 1 heterocycles. The number of nitrogens with two attached hydrogens (primary N) is 1. The number of carbonyl (C=O) groups is 2. The average Bonchev–Trinajstić information content (AvgIpc) is 2.36. The molecule has 0 spiro atoms. The van der Waals surface area contributed by atoms with Crippen molar-refractivity contribution in [2.75, 3.05) is 32.8 Å². The number of amides is 2. The summed E-state index contributed by atoms with van der Waals surface area (Å²) in [4.78, 5) is 26.6. The quantitative estimate of drug-likeness (QED) is 0.791. The van der Waals surface area contributed by atoms with Crippen molar-refractivity contribution in [1.29, 1.82) is 0 Å². The van der Waals surface area contributed by atoms with Crippen LogP contribution >= 0.6 is 0 Å². The molecule has 0 unspecified atom stereocenters. The molecule has 6 heteroatoms. The Morgan fingerprint density at radius 3 is 2.44 bits per heavy atom. The molecule has 0 saturated carbocycles. The molecule has 104 valence electrons. The molecule has 18 heavy (non-hydrogen) atoms. The molecule has 0 aromatic heterocycles. The second-order valence-electron chi connectivity index (χ2n) is 4.42. The van der Waals surface area contributed by atoms with Crippen molar-refractivity contribution < 1.29 is 14.3 Å². The van der Waals surface area contributed by atoms with Gasteiger partial charge in [0.1, 0.15) is 0 Å². The first-order chi connectivity index (χ1) is 8.60. The fourth-order valence-electron chi connectivity index (χ4n) is 2.26. The Balaban J connectivity index is 2.55. The van der Waals surface area contributed by atoms with Gasteiger partial charge in [0.2, 0.25) is 5.91 Å². The Labute approximate surface area is 108 Å². The minimum Gasteiger partial charge on any atom is -0.450 e. The Morgan fingerprint density at radius 1 is 1.39 bits per heavy atom. The maximum atomic E-state index is 11.8. The van der Waals surface area contributed by atoms with E-state index in [0.717, 1.165) is 12.8 Å². The van der Waals surface area contributed by atoms with Crippen molar-refractivity contribution in [3.8, 4) is 0 Å². The number of hydrogen-bond donors (Lipinski definition) is 1. The van der Waals surface area contributed by atoms with Gasteiger partial charge < -0.3 is 20.3 Å². The van der Waals surface area contributed by atoms with Crippen LogP contribution in [0.25, 0.3) is 0 Å². The lowest BCUT2D eigenvalue weighted by Gasteiger charge is -2.37. The third-order valence-electron chi connectivity index (χ3n) is 3.22. The van der Waals surface area contributed by atoms with Crippen LogP contribution in [0.4, 0.5) is 4.79 Å². The molecule has 1 aliphatic rings. The minimum absolute atomic E-state index is 0.0926. The van der Waals surface area contributed by atoms with Gasteiger partial charge in [0.05, 0.1) is 6.61 Å². The highest BCUT2D eigenvalue weighted by Crippen LogP contribution is 2.17. The number of carbonyl (C=O) groups excluding carboxylic acids is 2. The number of nitrogens with zero attached hydrogens (tertiary/aromatic N) is 2. The van der Waals surface area contributed by atoms with E-state index in [1.54, 1.807) is 18.7 Å². The molecular weight excluding hydrogens is 234 g/mol. The van der Waals surface area contributed by atoms with Gasteiger partial charge in [-0.1, -0.05) is 0 Å². The summed E-state index contributed by atoms with van der Waals surface area (Å²) in [6.07, 6.45) is 1.28. The van der Waals surface area contributed by atoms with Crippen molar-refractivity contribution in [2.24, 2.45) is 5.73 Å². The van der Waals surface area contributed by atoms with Crippen LogP contribution in [0.5, 0.6) is 0 Å². The molecule has 1 fully saturated rings. The molecule has 0 aliphatic carbocycles. The molecule has 0 radical (unpaired) electrons. The summed E-state index contributed by atoms with van der Waals surface area (Å²) in [6.45, 7) is 6.04. The maximum absolute atomic E-state index is 11.8. The lowest BCUT2D eigenvalue weighted by Crippen LogP contribution is -2.50. The van der Waals surface area contributed by atoms with Gasteiger partial charge in [-0.15, -0.1) is 0 Å². The standard InChI is InChI=1S/C12H23N3O3/c1-3-18-12(17)15(9-6-13)11-4-7-14(8-5-11)10(2)16/h11H,3-9,13H2,1-2H3. The molecule has 0 atom stereocenters. The van der Waals surface area contributed by atoms with Gasteiger partial charge in [-0.3, -0.25) is 4.79 Å². The van der Waals surface area contributed by atoms with E-state index in [9.17, 15) is 9.59 Å². The normalized spacial score (nSPS) is 16.5. The summed E-state index contributed by atoms with van der Waals surface area (Å²) >= 11 is 0. The first-order valence-corrected chi connectivity index (χ1v) is 6.49. The zero-order chi connectivity index (χ0) is 13.5. The van der Waals surface area contributed by atoms with E-state index in [0.29, 0.717) is 32.8 Å². The summed E-state index contributed by atoms with van der Waals surface area (Å²) in [5.74, 6) is 0.0926. The summed E-state index contributed by atoms with van der Waals surface area (Å²) < 4.78 is 5.03. The first-order valence-electron chi connectivity index (χ1n) is 6.49. The highest BCUT2D eigenvalue weighted by molar-refractivity contribution is 5.73. The van der Waals surface area contributed by atoms with E-state index in [1.165, 1.54) is 0 Å². The zero-order valence-electron chi connectivity index (χ0n) is 11.2. The highest BCUT2D eigenvalue weighted by atomic mass is 16.6. The number of rotatable bonds is 4. The number of likely N-dealkylation sites (tertiary alicyclic amines) is 1. The van der Waals surface area contributed by atoms with Crippen molar-refractivity contribution in [1.82, 2.24) is 9.80 Å². The number of ether oxygens (including phenoxy) is 1. The van der Waals surface area contributed by atoms with Crippen molar-refractivity contribution >= 4 is 12.0 Å². The van der Waals surface area contributed by atoms with Crippen LogP contribution in [0.1, 0.15) is 26.7 Å². The van der Waals surface area contributed by atoms with Crippen LogP contribution in [0.15, 0.2) is 0 Å². The Bertz CT molecular complexity index is 288. The largest absolute Gasteiger partial charge is 0.450 e. The Kier molecular flexibility index (Phi) is 5.91. The zero-order valence-corrected chi connectivity index (χ0v) is 11.2. The van der Waals surface area contributed by atoms with Gasteiger partial charge >= 0.3 is 6.09 Å². The molecule has 2 N–H and O–H groups in total. The maximum Gasteiger partial charge on any atom is 0.410 e. The molecule has 0 aromatic rings. The molecular formula is C12H23N3O3. The van der Waals surface area contributed by atoms with E-state index in [2.05, 4.69) is 0 Å². The molecule has 2 amide bonds. The smallest absolute Gasteiger partial charge is 0.410 e. The van der Waals surface area contributed by atoms with Crippen LogP contribution in [0.3, 0.4) is 0 Å². The lowest BCUT2D eigenvalue weighted by atomic mass is 10.0. The van der Waals surface area contributed by atoms with Gasteiger partial charge in [0.25, 0.3) is 0 Å². The first kappa shape index (κ1) is 14.8. The van der Waals surface area contributed by atoms with Crippen molar-refractivity contribution in [2.45, 2.75) is 32.7 Å². The van der Waals surface area contributed by atoms with E-state index < -0.39 is 0 Å². The lowest BCUT2D eigenvalue weighted by molar-refractivity contribution is -0.130. The van der Waals surface area contributed by atoms with Gasteiger partial charge in [0.15, 0.2) is 0 Å². The molecule has 0 bridgehead atoms. The Morgan fingerprint density at radius 2 is 2.00 bits per heavy atom. The van der Waals surface area contributed by atoms with Gasteiger partial charge in [-0.2, -0.15) is 0 Å². The third-order valence-corrected chi connectivity index (χ3v) is 3.22. The van der Waals surface area contributed by atoms with Crippen LogP contribution in [0.2, 0.25) is 0 Å². The predicted octanol–water partition coefficient (Wildman–Crippen LogP) is 0.415. The number of piperidine rings is 1. The van der Waals surface area contributed by atoms with E-state index in [4.69, 9.17) is 10.5 Å². The van der Waals surface area contributed by atoms with Crippen molar-refractivity contribution in [3.63, 3.8) is 0 Å². The molecule has 1 saturated heterocycles. The van der Waals surface area contributed by atoms with Crippen LogP contribution in [0, 0.1) is 0 Å². The molecule has 1 aliphatic heterocycles. The monoisotopic (exact) mass is 257 g/mol. The fraction of sp³-hybridized carbons (Fsp3) is 0.833. The van der Waals surface area contributed by atoms with Gasteiger partial charge in [0, 0.05) is 39.1 Å². The predicted molar refractivity (Wildman–Crippen MR) is 68.1 cm³/mol.